The molecule has 1 N–H and O–H groups in total. The summed E-state index contributed by atoms with van der Waals surface area (Å²) in [6, 6.07) is 8.28. The summed E-state index contributed by atoms with van der Waals surface area (Å²) in [5, 5.41) is 4.61. The van der Waals surface area contributed by atoms with Gasteiger partial charge in [0, 0.05) is 24.0 Å². The molecule has 0 spiro atoms. The highest BCUT2D eigenvalue weighted by atomic mass is 16.5. The van der Waals surface area contributed by atoms with Crippen LogP contribution in [0.1, 0.15) is 5.56 Å². The fourth-order valence-electron chi connectivity index (χ4n) is 2.98. The van der Waals surface area contributed by atoms with E-state index in [2.05, 4.69) is 17.4 Å². The first-order valence-corrected chi connectivity index (χ1v) is 6.15. The summed E-state index contributed by atoms with van der Waals surface area (Å²) in [5.74, 6) is 0.692. The predicted octanol–water partition coefficient (Wildman–Crippen LogP) is 1.92. The summed E-state index contributed by atoms with van der Waals surface area (Å²) in [7, 11) is 0. The lowest BCUT2D eigenvalue weighted by atomic mass is 9.66. The maximum absolute atomic E-state index is 5.67. The van der Waals surface area contributed by atoms with Gasteiger partial charge in [-0.2, -0.15) is 0 Å². The van der Waals surface area contributed by atoms with Crippen LogP contribution in [-0.4, -0.2) is 26.3 Å². The van der Waals surface area contributed by atoms with Crippen LogP contribution in [0.5, 0.6) is 0 Å². The molecule has 1 aromatic carbocycles. The summed E-state index contributed by atoms with van der Waals surface area (Å²) in [5.41, 5.74) is 2.52. The van der Waals surface area contributed by atoms with Gasteiger partial charge in [0.25, 0.3) is 0 Å². The van der Waals surface area contributed by atoms with Crippen LogP contribution in [0.15, 0.2) is 34.9 Å². The predicted molar refractivity (Wildman–Crippen MR) is 65.1 cm³/mol. The van der Waals surface area contributed by atoms with Gasteiger partial charge in [-0.05, 0) is 12.0 Å². The second kappa shape index (κ2) is 3.34. The lowest BCUT2D eigenvalue weighted by Crippen LogP contribution is -2.62. The van der Waals surface area contributed by atoms with Gasteiger partial charge in [-0.15, -0.1) is 0 Å². The Balaban J connectivity index is 1.86. The third-order valence-electron chi connectivity index (χ3n) is 4.30. The molecule has 3 heterocycles. The molecule has 2 saturated heterocycles. The first kappa shape index (κ1) is 9.68. The van der Waals surface area contributed by atoms with Crippen molar-refractivity contribution in [1.82, 2.24) is 5.32 Å². The smallest absolute Gasteiger partial charge is 0.134 e. The van der Waals surface area contributed by atoms with Crippen molar-refractivity contribution < 1.29 is 9.15 Å². The summed E-state index contributed by atoms with van der Waals surface area (Å²) >= 11 is 0. The molecule has 2 aliphatic heterocycles. The molecule has 4 rings (SSSR count). The van der Waals surface area contributed by atoms with E-state index in [1.807, 2.05) is 18.4 Å². The minimum atomic E-state index is 0.192. The summed E-state index contributed by atoms with van der Waals surface area (Å²) < 4.78 is 11.2. The number of fused-ring (bicyclic) bond motifs is 1. The van der Waals surface area contributed by atoms with Crippen molar-refractivity contribution in [3.8, 4) is 0 Å². The van der Waals surface area contributed by atoms with Crippen LogP contribution >= 0.6 is 0 Å². The molecular weight excluding hydrogens is 214 g/mol. The van der Waals surface area contributed by atoms with Crippen LogP contribution in [0.4, 0.5) is 0 Å². The molecular formula is C14H15NO2. The van der Waals surface area contributed by atoms with Gasteiger partial charge in [-0.25, -0.2) is 0 Å². The van der Waals surface area contributed by atoms with Crippen LogP contribution < -0.4 is 5.32 Å². The number of rotatable bonds is 2. The largest absolute Gasteiger partial charge is 0.464 e. The van der Waals surface area contributed by atoms with Gasteiger partial charge in [0.05, 0.1) is 24.9 Å². The zero-order valence-electron chi connectivity index (χ0n) is 9.61. The minimum Gasteiger partial charge on any atom is -0.464 e. The highest BCUT2D eigenvalue weighted by Crippen LogP contribution is 2.44. The van der Waals surface area contributed by atoms with Gasteiger partial charge >= 0.3 is 0 Å². The Bertz CT molecular complexity index is 552. The molecule has 88 valence electrons. The molecule has 2 aliphatic rings. The third kappa shape index (κ3) is 1.18. The van der Waals surface area contributed by atoms with Crippen molar-refractivity contribution in [2.75, 3.05) is 26.3 Å². The molecule has 17 heavy (non-hydrogen) atoms. The number of ether oxygens (including phenoxy) is 1. The van der Waals surface area contributed by atoms with Crippen molar-refractivity contribution in [3.63, 3.8) is 0 Å². The van der Waals surface area contributed by atoms with Crippen LogP contribution in [0.2, 0.25) is 0 Å². The van der Waals surface area contributed by atoms with E-state index in [0.29, 0.717) is 5.92 Å². The van der Waals surface area contributed by atoms with Gasteiger partial charge in [-0.1, -0.05) is 18.2 Å². The first-order chi connectivity index (χ1) is 8.40. The SMILES string of the molecule is c1ccc2c(C3(C4CNC4)COC3)coc2c1. The van der Waals surface area contributed by atoms with E-state index in [1.54, 1.807) is 0 Å². The second-order valence-corrected chi connectivity index (χ2v) is 5.15. The van der Waals surface area contributed by atoms with Crippen molar-refractivity contribution in [1.29, 1.82) is 0 Å². The number of furan rings is 1. The Morgan fingerprint density at radius 3 is 2.65 bits per heavy atom. The molecule has 0 atom stereocenters. The lowest BCUT2D eigenvalue weighted by molar-refractivity contribution is -0.101. The molecule has 3 nitrogen and oxygen atoms in total. The number of hydrogen-bond donors (Lipinski definition) is 1. The molecule has 2 aromatic rings. The number of hydrogen-bond acceptors (Lipinski definition) is 3. The van der Waals surface area contributed by atoms with Gasteiger partial charge in [0.1, 0.15) is 5.58 Å². The Hall–Kier alpha value is -1.32. The molecule has 0 unspecified atom stereocenters. The maximum atomic E-state index is 5.67. The van der Waals surface area contributed by atoms with Gasteiger partial charge in [-0.3, -0.25) is 0 Å². The number of nitrogens with one attached hydrogen (secondary N) is 1. The number of benzene rings is 1. The average molecular weight is 229 g/mol. The van der Waals surface area contributed by atoms with Crippen LogP contribution in [0, 0.1) is 5.92 Å². The Kier molecular flexibility index (Phi) is 1.90. The monoisotopic (exact) mass is 229 g/mol. The average Bonchev–Trinajstić information content (AvgIpc) is 2.64. The minimum absolute atomic E-state index is 0.192. The Morgan fingerprint density at radius 1 is 1.18 bits per heavy atom. The van der Waals surface area contributed by atoms with Gasteiger partial charge in [0.2, 0.25) is 0 Å². The summed E-state index contributed by atoms with van der Waals surface area (Å²) in [6.45, 7) is 3.87. The van der Waals surface area contributed by atoms with E-state index in [0.717, 1.165) is 31.9 Å². The van der Waals surface area contributed by atoms with Crippen molar-refractivity contribution in [3.05, 3.63) is 36.1 Å². The van der Waals surface area contributed by atoms with E-state index < -0.39 is 0 Å². The quantitative estimate of drug-likeness (QED) is 0.854. The van der Waals surface area contributed by atoms with E-state index in [-0.39, 0.29) is 5.41 Å². The van der Waals surface area contributed by atoms with E-state index >= 15 is 0 Å². The van der Waals surface area contributed by atoms with Gasteiger partial charge < -0.3 is 14.5 Å². The second-order valence-electron chi connectivity index (χ2n) is 5.15. The standard InChI is InChI=1S/C14H15NO2/c1-2-4-13-11(3-1)12(7-17-13)14(8-16-9-14)10-5-15-6-10/h1-4,7,10,15H,5-6,8-9H2. The Morgan fingerprint density at radius 2 is 2.00 bits per heavy atom. The highest BCUT2D eigenvalue weighted by Gasteiger charge is 2.50. The molecule has 0 radical (unpaired) electrons. The van der Waals surface area contributed by atoms with E-state index in [1.165, 1.54) is 10.9 Å². The van der Waals surface area contributed by atoms with E-state index in [9.17, 15) is 0 Å². The normalized spacial score (nSPS) is 23.3. The fourth-order valence-corrected chi connectivity index (χ4v) is 2.98. The topological polar surface area (TPSA) is 34.4 Å². The molecule has 0 amide bonds. The van der Waals surface area contributed by atoms with E-state index in [4.69, 9.17) is 9.15 Å². The summed E-state index contributed by atoms with van der Waals surface area (Å²) in [6.07, 6.45) is 1.94. The van der Waals surface area contributed by atoms with Gasteiger partial charge in [0.15, 0.2) is 0 Å². The molecule has 0 saturated carbocycles. The fraction of sp³-hybridized carbons (Fsp3) is 0.429. The highest BCUT2D eigenvalue weighted by molar-refractivity contribution is 5.82. The van der Waals surface area contributed by atoms with Crippen LogP contribution in [0.3, 0.4) is 0 Å². The molecule has 1 aromatic heterocycles. The van der Waals surface area contributed by atoms with Crippen molar-refractivity contribution >= 4 is 11.0 Å². The summed E-state index contributed by atoms with van der Waals surface area (Å²) in [4.78, 5) is 0. The zero-order valence-corrected chi connectivity index (χ0v) is 9.61. The molecule has 2 fully saturated rings. The Labute approximate surface area is 99.7 Å². The zero-order chi connectivity index (χ0) is 11.3. The van der Waals surface area contributed by atoms with Crippen LogP contribution in [0.25, 0.3) is 11.0 Å². The maximum Gasteiger partial charge on any atom is 0.134 e. The molecule has 0 aliphatic carbocycles. The first-order valence-electron chi connectivity index (χ1n) is 6.15. The molecule has 3 heteroatoms. The van der Waals surface area contributed by atoms with Crippen molar-refractivity contribution in [2.24, 2.45) is 5.92 Å². The number of para-hydroxylation sites is 1. The van der Waals surface area contributed by atoms with Crippen LogP contribution in [-0.2, 0) is 10.2 Å². The molecule has 0 bridgehead atoms. The van der Waals surface area contributed by atoms with Crippen molar-refractivity contribution in [2.45, 2.75) is 5.41 Å². The lowest BCUT2D eigenvalue weighted by Gasteiger charge is -2.50. The third-order valence-corrected chi connectivity index (χ3v) is 4.30.